The van der Waals surface area contributed by atoms with E-state index < -0.39 is 0 Å². The molecule has 2 aromatic rings. The average Bonchev–Trinajstić information content (AvgIpc) is 2.57. The predicted octanol–water partition coefficient (Wildman–Crippen LogP) is 4.18. The van der Waals surface area contributed by atoms with Crippen LogP contribution in [0.2, 0.25) is 0 Å². The zero-order valence-corrected chi connectivity index (χ0v) is 12.7. The molecule has 0 radical (unpaired) electrons. The fourth-order valence-corrected chi connectivity index (χ4v) is 2.61. The Balaban J connectivity index is 1.42. The molecule has 116 valence electrons. The number of benzene rings is 2. The maximum Gasteiger partial charge on any atom is 0.200 e. The summed E-state index contributed by atoms with van der Waals surface area (Å²) in [5.74, 6) is 0.860. The van der Waals surface area contributed by atoms with Gasteiger partial charge in [-0.1, -0.05) is 48.5 Å². The monoisotopic (exact) mass is 298 g/mol. The van der Waals surface area contributed by atoms with E-state index in [9.17, 15) is 0 Å². The molecule has 2 aromatic carbocycles. The minimum atomic E-state index is -0.165. The maximum absolute atomic E-state index is 5.98. The molecule has 0 saturated carbocycles. The van der Waals surface area contributed by atoms with E-state index in [2.05, 4.69) is 12.1 Å². The predicted molar refractivity (Wildman–Crippen MR) is 85.7 cm³/mol. The van der Waals surface area contributed by atoms with Crippen LogP contribution in [0.1, 0.15) is 24.8 Å². The highest BCUT2D eigenvalue weighted by Crippen LogP contribution is 2.22. The van der Waals surface area contributed by atoms with Gasteiger partial charge in [0, 0.05) is 6.42 Å². The number of hydrogen-bond acceptors (Lipinski definition) is 3. The standard InChI is InChI=1S/C19H22O3/c1-3-8-16(9-4-1)14-20-15-18-12-7-13-19(22-18)21-17-10-5-2-6-11-17/h1-6,8-11,18-19H,7,12-15H2/t18-,19?/m0/s1. The van der Waals surface area contributed by atoms with Crippen molar-refractivity contribution in [2.45, 2.75) is 38.3 Å². The van der Waals surface area contributed by atoms with Crippen LogP contribution in [0.15, 0.2) is 60.7 Å². The van der Waals surface area contributed by atoms with Gasteiger partial charge in [0.25, 0.3) is 0 Å². The third-order valence-electron chi connectivity index (χ3n) is 3.74. The Morgan fingerprint density at radius 2 is 1.64 bits per heavy atom. The van der Waals surface area contributed by atoms with Crippen molar-refractivity contribution in [3.63, 3.8) is 0 Å². The molecule has 1 heterocycles. The van der Waals surface area contributed by atoms with E-state index in [1.807, 2.05) is 48.5 Å². The van der Waals surface area contributed by atoms with Crippen molar-refractivity contribution in [3.8, 4) is 5.75 Å². The molecule has 3 rings (SSSR count). The SMILES string of the molecule is c1ccc(COC[C@@H]2CCCC(Oc3ccccc3)O2)cc1. The number of hydrogen-bond donors (Lipinski definition) is 0. The Bertz CT molecular complexity index is 541. The summed E-state index contributed by atoms with van der Waals surface area (Å²) in [7, 11) is 0. The first kappa shape index (κ1) is 15.1. The molecule has 3 heteroatoms. The third-order valence-corrected chi connectivity index (χ3v) is 3.74. The lowest BCUT2D eigenvalue weighted by atomic mass is 10.1. The molecule has 1 unspecified atom stereocenters. The summed E-state index contributed by atoms with van der Waals surface area (Å²) >= 11 is 0. The van der Waals surface area contributed by atoms with Crippen molar-refractivity contribution in [2.24, 2.45) is 0 Å². The molecule has 2 atom stereocenters. The molecule has 0 spiro atoms. The zero-order valence-electron chi connectivity index (χ0n) is 12.7. The Morgan fingerprint density at radius 1 is 0.909 bits per heavy atom. The number of rotatable bonds is 6. The van der Waals surface area contributed by atoms with Crippen molar-refractivity contribution < 1.29 is 14.2 Å². The summed E-state index contributed by atoms with van der Waals surface area (Å²) in [5, 5.41) is 0. The Labute approximate surface area is 131 Å². The molecule has 0 N–H and O–H groups in total. The van der Waals surface area contributed by atoms with E-state index in [4.69, 9.17) is 14.2 Å². The largest absolute Gasteiger partial charge is 0.465 e. The molecule has 1 aliphatic rings. The highest BCUT2D eigenvalue weighted by Gasteiger charge is 2.23. The fraction of sp³-hybridized carbons (Fsp3) is 0.368. The van der Waals surface area contributed by atoms with Crippen molar-refractivity contribution >= 4 is 0 Å². The minimum Gasteiger partial charge on any atom is -0.465 e. The molecule has 0 amide bonds. The molecule has 3 nitrogen and oxygen atoms in total. The van der Waals surface area contributed by atoms with Crippen LogP contribution in [0.4, 0.5) is 0 Å². The molecule has 22 heavy (non-hydrogen) atoms. The second-order valence-corrected chi connectivity index (χ2v) is 5.55. The summed E-state index contributed by atoms with van der Waals surface area (Å²) in [6, 6.07) is 20.0. The van der Waals surface area contributed by atoms with E-state index in [0.29, 0.717) is 13.2 Å². The second-order valence-electron chi connectivity index (χ2n) is 5.55. The highest BCUT2D eigenvalue weighted by atomic mass is 16.7. The molecular weight excluding hydrogens is 276 g/mol. The van der Waals surface area contributed by atoms with E-state index >= 15 is 0 Å². The normalized spacial score (nSPS) is 21.5. The number of ether oxygens (including phenoxy) is 3. The highest BCUT2D eigenvalue weighted by molar-refractivity contribution is 5.21. The summed E-state index contributed by atoms with van der Waals surface area (Å²) < 4.78 is 17.6. The van der Waals surface area contributed by atoms with Crippen LogP contribution >= 0.6 is 0 Å². The average molecular weight is 298 g/mol. The van der Waals surface area contributed by atoms with Gasteiger partial charge in [-0.3, -0.25) is 0 Å². The summed E-state index contributed by atoms with van der Waals surface area (Å²) in [4.78, 5) is 0. The second kappa shape index (κ2) is 7.97. The van der Waals surface area contributed by atoms with Crippen LogP contribution in [0.25, 0.3) is 0 Å². The van der Waals surface area contributed by atoms with Crippen LogP contribution in [0.3, 0.4) is 0 Å². The smallest absolute Gasteiger partial charge is 0.200 e. The van der Waals surface area contributed by atoms with Gasteiger partial charge in [0.15, 0.2) is 6.29 Å². The van der Waals surface area contributed by atoms with Gasteiger partial charge < -0.3 is 14.2 Å². The van der Waals surface area contributed by atoms with Crippen LogP contribution in [-0.4, -0.2) is 19.0 Å². The van der Waals surface area contributed by atoms with Gasteiger partial charge in [0.05, 0.1) is 19.3 Å². The maximum atomic E-state index is 5.98. The first-order valence-electron chi connectivity index (χ1n) is 7.89. The Kier molecular flexibility index (Phi) is 5.46. The first-order valence-corrected chi connectivity index (χ1v) is 7.89. The van der Waals surface area contributed by atoms with E-state index in [0.717, 1.165) is 25.0 Å². The Hall–Kier alpha value is -1.84. The summed E-state index contributed by atoms with van der Waals surface area (Å²) in [6.45, 7) is 1.24. The first-order chi connectivity index (χ1) is 10.9. The molecule has 0 aromatic heterocycles. The molecule has 0 aliphatic carbocycles. The van der Waals surface area contributed by atoms with Crippen LogP contribution in [0, 0.1) is 0 Å². The molecule has 0 bridgehead atoms. The van der Waals surface area contributed by atoms with Crippen molar-refractivity contribution in [2.75, 3.05) is 6.61 Å². The lowest BCUT2D eigenvalue weighted by Crippen LogP contribution is -2.34. The van der Waals surface area contributed by atoms with Crippen LogP contribution in [0.5, 0.6) is 5.75 Å². The zero-order chi connectivity index (χ0) is 15.0. The topological polar surface area (TPSA) is 27.7 Å². The van der Waals surface area contributed by atoms with Gasteiger partial charge in [-0.25, -0.2) is 0 Å². The summed E-state index contributed by atoms with van der Waals surface area (Å²) in [5.41, 5.74) is 1.19. The van der Waals surface area contributed by atoms with Crippen molar-refractivity contribution in [1.82, 2.24) is 0 Å². The molecular formula is C19H22O3. The minimum absolute atomic E-state index is 0.117. The number of para-hydroxylation sites is 1. The van der Waals surface area contributed by atoms with Gasteiger partial charge in [-0.15, -0.1) is 0 Å². The van der Waals surface area contributed by atoms with Crippen LogP contribution < -0.4 is 4.74 Å². The lowest BCUT2D eigenvalue weighted by Gasteiger charge is -2.30. The van der Waals surface area contributed by atoms with Gasteiger partial charge in [0.2, 0.25) is 0 Å². The molecule has 1 fully saturated rings. The van der Waals surface area contributed by atoms with Gasteiger partial charge in [-0.05, 0) is 30.5 Å². The van der Waals surface area contributed by atoms with E-state index in [1.165, 1.54) is 5.56 Å². The lowest BCUT2D eigenvalue weighted by molar-refractivity contribution is -0.165. The van der Waals surface area contributed by atoms with E-state index in [-0.39, 0.29) is 12.4 Å². The van der Waals surface area contributed by atoms with Crippen molar-refractivity contribution in [3.05, 3.63) is 66.2 Å². The fourth-order valence-electron chi connectivity index (χ4n) is 2.61. The van der Waals surface area contributed by atoms with Gasteiger partial charge in [0.1, 0.15) is 5.75 Å². The summed E-state index contributed by atoms with van der Waals surface area (Å²) in [6.07, 6.45) is 3.03. The third kappa shape index (κ3) is 4.58. The van der Waals surface area contributed by atoms with Crippen LogP contribution in [-0.2, 0) is 16.1 Å². The van der Waals surface area contributed by atoms with Gasteiger partial charge >= 0.3 is 0 Å². The van der Waals surface area contributed by atoms with E-state index in [1.54, 1.807) is 0 Å². The van der Waals surface area contributed by atoms with Crippen molar-refractivity contribution in [1.29, 1.82) is 0 Å². The molecule has 1 aliphatic heterocycles. The quantitative estimate of drug-likeness (QED) is 0.801. The Morgan fingerprint density at radius 3 is 2.41 bits per heavy atom. The van der Waals surface area contributed by atoms with Gasteiger partial charge in [-0.2, -0.15) is 0 Å². The molecule has 1 saturated heterocycles.